The number of hydrogen-bond donors (Lipinski definition) is 3. The van der Waals surface area contributed by atoms with Crippen LogP contribution in [0.2, 0.25) is 5.02 Å². The number of hydrogen-bond acceptors (Lipinski definition) is 5. The maximum atomic E-state index is 12.4. The molecule has 0 saturated carbocycles. The van der Waals surface area contributed by atoms with Crippen molar-refractivity contribution < 1.29 is 14.7 Å². The monoisotopic (exact) mass is 431 g/mol. The first kappa shape index (κ1) is 21.9. The van der Waals surface area contributed by atoms with E-state index in [9.17, 15) is 14.7 Å². The summed E-state index contributed by atoms with van der Waals surface area (Å²) in [6.45, 7) is 3.67. The first-order valence-electron chi connectivity index (χ1n) is 9.93. The van der Waals surface area contributed by atoms with Gasteiger partial charge in [0.15, 0.2) is 0 Å². The molecule has 160 valence electrons. The molecule has 0 spiro atoms. The summed E-state index contributed by atoms with van der Waals surface area (Å²) in [5.41, 5.74) is 3.88. The summed E-state index contributed by atoms with van der Waals surface area (Å²) in [4.78, 5) is 26.9. The summed E-state index contributed by atoms with van der Waals surface area (Å²) in [7, 11) is 1.79. The largest absolute Gasteiger partial charge is 0.506 e. The van der Waals surface area contributed by atoms with Crippen molar-refractivity contribution in [3.05, 3.63) is 52.3 Å². The van der Waals surface area contributed by atoms with E-state index in [1.165, 1.54) is 43.7 Å². The van der Waals surface area contributed by atoms with Crippen LogP contribution in [0.3, 0.4) is 0 Å². The molecule has 1 aliphatic heterocycles. The van der Waals surface area contributed by atoms with Crippen LogP contribution >= 0.6 is 11.6 Å². The highest BCUT2D eigenvalue weighted by atomic mass is 35.5. The molecular weight excluding hydrogens is 406 g/mol. The molecule has 0 atom stereocenters. The van der Waals surface area contributed by atoms with Crippen LogP contribution < -0.4 is 10.7 Å². The lowest BCUT2D eigenvalue weighted by Gasteiger charge is -2.26. The van der Waals surface area contributed by atoms with Crippen LogP contribution in [0.1, 0.15) is 45.7 Å². The molecule has 3 N–H and O–H groups in total. The topological polar surface area (TPSA) is 99.0 Å². The van der Waals surface area contributed by atoms with Gasteiger partial charge in [0.2, 0.25) is 0 Å². The first-order valence-corrected chi connectivity index (χ1v) is 10.3. The molecule has 1 aliphatic rings. The lowest BCUT2D eigenvalue weighted by molar-refractivity contribution is 0.0935. The number of likely N-dealkylation sites (tertiary alicyclic amines) is 1. The Balaban J connectivity index is 1.51. The zero-order valence-corrected chi connectivity index (χ0v) is 17.7. The van der Waals surface area contributed by atoms with Crippen LogP contribution in [-0.4, -0.2) is 58.8 Å². The fourth-order valence-electron chi connectivity index (χ4n) is 3.37. The number of rotatable bonds is 7. The predicted octanol–water partition coefficient (Wildman–Crippen LogP) is 2.36. The van der Waals surface area contributed by atoms with Gasteiger partial charge in [-0.2, -0.15) is 5.10 Å². The van der Waals surface area contributed by atoms with Gasteiger partial charge in [-0.05, 0) is 50.2 Å². The zero-order chi connectivity index (χ0) is 21.5. The lowest BCUT2D eigenvalue weighted by Crippen LogP contribution is -2.38. The molecule has 2 heterocycles. The van der Waals surface area contributed by atoms with E-state index in [1.54, 1.807) is 23.9 Å². The minimum absolute atomic E-state index is 0.0885. The molecule has 3 rings (SSSR count). The Hall–Kier alpha value is -2.84. The fraction of sp³-hybridized carbons (Fsp3) is 0.381. The number of aromatic nitrogens is 1. The Morgan fingerprint density at radius 2 is 1.97 bits per heavy atom. The van der Waals surface area contributed by atoms with Crippen molar-refractivity contribution in [2.75, 3.05) is 26.2 Å². The lowest BCUT2D eigenvalue weighted by atomic mass is 10.1. The van der Waals surface area contributed by atoms with E-state index in [0.717, 1.165) is 19.6 Å². The van der Waals surface area contributed by atoms with Crippen LogP contribution in [0, 0.1) is 0 Å². The second kappa shape index (κ2) is 10.3. The number of carbonyl (C=O) groups is 2. The van der Waals surface area contributed by atoms with Crippen LogP contribution in [0.15, 0.2) is 35.6 Å². The summed E-state index contributed by atoms with van der Waals surface area (Å²) >= 11 is 5.81. The number of phenolic OH excluding ortho intramolecular Hbond substituents is 1. The number of phenols is 1. The Labute approximate surface area is 180 Å². The van der Waals surface area contributed by atoms with E-state index in [2.05, 4.69) is 20.7 Å². The van der Waals surface area contributed by atoms with Gasteiger partial charge in [-0.15, -0.1) is 0 Å². The third-order valence-corrected chi connectivity index (χ3v) is 5.31. The summed E-state index contributed by atoms with van der Waals surface area (Å²) in [6.07, 6.45) is 6.96. The van der Waals surface area contributed by atoms with Gasteiger partial charge in [0.05, 0.1) is 11.2 Å². The summed E-state index contributed by atoms with van der Waals surface area (Å²) in [6, 6.07) is 5.86. The van der Waals surface area contributed by atoms with Crippen LogP contribution in [0.5, 0.6) is 5.75 Å². The summed E-state index contributed by atoms with van der Waals surface area (Å²) < 4.78 is 1.72. The predicted molar refractivity (Wildman–Crippen MR) is 116 cm³/mol. The quantitative estimate of drug-likeness (QED) is 0.463. The standard InChI is InChI=1S/C21H26ClN5O3/c1-26-14-15(13-24-25-20(29)16-5-6-19(28)17(22)12-16)11-18(26)21(30)23-7-10-27-8-3-2-4-9-27/h5-6,11-14,28H,2-4,7-10H2,1H3,(H,23,30)(H,25,29). The Kier molecular flexibility index (Phi) is 7.48. The fourth-order valence-corrected chi connectivity index (χ4v) is 3.55. The van der Waals surface area contributed by atoms with E-state index < -0.39 is 5.91 Å². The molecule has 1 aromatic carbocycles. The molecule has 1 aromatic heterocycles. The third-order valence-electron chi connectivity index (χ3n) is 5.01. The number of amides is 2. The van der Waals surface area contributed by atoms with Crippen molar-refractivity contribution in [3.63, 3.8) is 0 Å². The van der Waals surface area contributed by atoms with Gasteiger partial charge in [0.25, 0.3) is 11.8 Å². The van der Waals surface area contributed by atoms with Crippen molar-refractivity contribution in [1.29, 1.82) is 0 Å². The minimum Gasteiger partial charge on any atom is -0.506 e. The van der Waals surface area contributed by atoms with Crippen LogP contribution in [0.25, 0.3) is 0 Å². The van der Waals surface area contributed by atoms with Crippen LogP contribution in [-0.2, 0) is 7.05 Å². The third kappa shape index (κ3) is 5.84. The summed E-state index contributed by atoms with van der Waals surface area (Å²) in [5.74, 6) is -0.695. The molecular formula is C21H26ClN5O3. The number of nitrogens with one attached hydrogen (secondary N) is 2. The number of benzene rings is 1. The first-order chi connectivity index (χ1) is 14.4. The molecule has 0 bridgehead atoms. The van der Waals surface area contributed by atoms with Gasteiger partial charge in [0, 0.05) is 37.5 Å². The molecule has 2 aromatic rings. The second-order valence-electron chi connectivity index (χ2n) is 7.29. The van der Waals surface area contributed by atoms with E-state index in [0.29, 0.717) is 17.8 Å². The highest BCUT2D eigenvalue weighted by Gasteiger charge is 2.13. The normalized spacial score (nSPS) is 14.7. The molecule has 8 nitrogen and oxygen atoms in total. The number of halogens is 1. The van der Waals surface area contributed by atoms with Crippen molar-refractivity contribution in [1.82, 2.24) is 20.2 Å². The van der Waals surface area contributed by atoms with Crippen molar-refractivity contribution in [2.45, 2.75) is 19.3 Å². The van der Waals surface area contributed by atoms with Crippen molar-refractivity contribution in [2.24, 2.45) is 12.1 Å². The average molecular weight is 432 g/mol. The number of hydrazone groups is 1. The van der Waals surface area contributed by atoms with E-state index in [-0.39, 0.29) is 22.2 Å². The maximum absolute atomic E-state index is 12.4. The van der Waals surface area contributed by atoms with Gasteiger partial charge >= 0.3 is 0 Å². The second-order valence-corrected chi connectivity index (χ2v) is 7.70. The number of piperidine rings is 1. The van der Waals surface area contributed by atoms with Gasteiger partial charge in [-0.1, -0.05) is 18.0 Å². The Morgan fingerprint density at radius 3 is 2.70 bits per heavy atom. The van der Waals surface area contributed by atoms with Crippen LogP contribution in [0.4, 0.5) is 0 Å². The van der Waals surface area contributed by atoms with Gasteiger partial charge in [-0.3, -0.25) is 9.59 Å². The smallest absolute Gasteiger partial charge is 0.271 e. The van der Waals surface area contributed by atoms with Gasteiger partial charge in [-0.25, -0.2) is 5.43 Å². The Morgan fingerprint density at radius 1 is 1.20 bits per heavy atom. The summed E-state index contributed by atoms with van der Waals surface area (Å²) in [5, 5.41) is 16.4. The van der Waals surface area contributed by atoms with Crippen molar-refractivity contribution >= 4 is 29.6 Å². The van der Waals surface area contributed by atoms with Gasteiger partial charge < -0.3 is 19.9 Å². The molecule has 1 saturated heterocycles. The van der Waals surface area contributed by atoms with E-state index in [4.69, 9.17) is 11.6 Å². The van der Waals surface area contributed by atoms with Crippen molar-refractivity contribution in [3.8, 4) is 5.75 Å². The number of nitrogens with zero attached hydrogens (tertiary/aromatic N) is 3. The highest BCUT2D eigenvalue weighted by molar-refractivity contribution is 6.32. The number of aryl methyl sites for hydroxylation is 1. The molecule has 30 heavy (non-hydrogen) atoms. The molecule has 0 radical (unpaired) electrons. The molecule has 2 amide bonds. The zero-order valence-electron chi connectivity index (χ0n) is 16.9. The highest BCUT2D eigenvalue weighted by Crippen LogP contribution is 2.23. The number of carbonyl (C=O) groups excluding carboxylic acids is 2. The van der Waals surface area contributed by atoms with Gasteiger partial charge in [0.1, 0.15) is 11.4 Å². The molecule has 9 heteroatoms. The Bertz CT molecular complexity index is 935. The number of aromatic hydroxyl groups is 1. The van der Waals surface area contributed by atoms with E-state index >= 15 is 0 Å². The minimum atomic E-state index is -0.459. The maximum Gasteiger partial charge on any atom is 0.271 e. The SMILES string of the molecule is Cn1cc(C=NNC(=O)c2ccc(O)c(Cl)c2)cc1C(=O)NCCN1CCCCC1. The molecule has 0 unspecified atom stereocenters. The molecule has 1 fully saturated rings. The molecule has 0 aliphatic carbocycles. The van der Waals surface area contributed by atoms with E-state index in [1.807, 2.05) is 0 Å². The average Bonchev–Trinajstić information content (AvgIpc) is 3.11.